The van der Waals surface area contributed by atoms with Gasteiger partial charge in [0.25, 0.3) is 5.56 Å². The number of aromatic amines is 1. The van der Waals surface area contributed by atoms with E-state index < -0.39 is 21.3 Å². The molecule has 2 N–H and O–H groups in total. The first-order valence-electron chi connectivity index (χ1n) is 7.87. The molecule has 0 aromatic carbocycles. The van der Waals surface area contributed by atoms with E-state index >= 15 is 0 Å². The molecule has 0 amide bonds. The molecule has 0 radical (unpaired) electrons. The van der Waals surface area contributed by atoms with Crippen LogP contribution in [-0.2, 0) is 23.5 Å². The van der Waals surface area contributed by atoms with Gasteiger partial charge in [-0.15, -0.1) is 11.3 Å². The Morgan fingerprint density at radius 3 is 2.69 bits per heavy atom. The van der Waals surface area contributed by atoms with E-state index in [1.54, 1.807) is 7.05 Å². The Morgan fingerprint density at radius 1 is 1.38 bits per heavy atom. The van der Waals surface area contributed by atoms with Gasteiger partial charge in [0.05, 0.1) is 5.69 Å². The maximum Gasteiger partial charge on any atom is 0.277 e. The van der Waals surface area contributed by atoms with Crippen molar-refractivity contribution in [1.82, 2.24) is 24.1 Å². The molecule has 0 saturated carbocycles. The normalized spacial score (nSPS) is 12.3. The number of aromatic nitrogens is 4. The Hall–Kier alpha value is -2.24. The van der Waals surface area contributed by atoms with Gasteiger partial charge in [0.1, 0.15) is 15.3 Å². The second-order valence-electron chi connectivity index (χ2n) is 6.00. The number of nitrogens with zero attached hydrogens (tertiary/aromatic N) is 4. The fourth-order valence-electron chi connectivity index (χ4n) is 2.64. The maximum atomic E-state index is 12.5. The van der Waals surface area contributed by atoms with Gasteiger partial charge in [0.15, 0.2) is 17.1 Å². The van der Waals surface area contributed by atoms with Gasteiger partial charge in [-0.3, -0.25) is 9.48 Å². The zero-order chi connectivity index (χ0) is 19.2. The van der Waals surface area contributed by atoms with E-state index in [0.29, 0.717) is 23.1 Å². The number of H-pyrrole nitrogens is 1. The van der Waals surface area contributed by atoms with Crippen molar-refractivity contribution in [3.05, 3.63) is 21.4 Å². The minimum atomic E-state index is -3.80. The molecule has 3 rings (SSSR count). The molecular formula is C15H19N5O4S2. The van der Waals surface area contributed by atoms with Crippen LogP contribution in [-0.4, -0.2) is 51.7 Å². The molecule has 0 unspecified atom stereocenters. The van der Waals surface area contributed by atoms with Gasteiger partial charge in [-0.2, -0.15) is 5.10 Å². The molecular weight excluding hydrogens is 378 g/mol. The van der Waals surface area contributed by atoms with Crippen LogP contribution in [0.4, 0.5) is 0 Å². The first-order valence-corrected chi connectivity index (χ1v) is 10.2. The van der Waals surface area contributed by atoms with Crippen LogP contribution in [0.15, 0.2) is 15.1 Å². The molecule has 11 heteroatoms. The summed E-state index contributed by atoms with van der Waals surface area (Å²) in [4.78, 5) is 19.5. The molecule has 3 aromatic rings. The minimum Gasteiger partial charge on any atom is -0.505 e. The number of hydrogen-bond donors (Lipinski definition) is 2. The van der Waals surface area contributed by atoms with Gasteiger partial charge >= 0.3 is 0 Å². The smallest absolute Gasteiger partial charge is 0.277 e. The van der Waals surface area contributed by atoms with Crippen LogP contribution < -0.4 is 5.56 Å². The average Bonchev–Trinajstić information content (AvgIpc) is 3.09. The summed E-state index contributed by atoms with van der Waals surface area (Å²) in [6, 6.07) is 0. The lowest BCUT2D eigenvalue weighted by Gasteiger charge is -2.10. The Labute approximate surface area is 154 Å². The van der Waals surface area contributed by atoms with Crippen LogP contribution >= 0.6 is 11.3 Å². The third kappa shape index (κ3) is 2.81. The number of nitrogens with one attached hydrogen (secondary N) is 1. The minimum absolute atomic E-state index is 0.121. The number of aryl methyl sites for hydroxylation is 2. The second-order valence-corrected chi connectivity index (χ2v) is 9.00. The highest BCUT2D eigenvalue weighted by atomic mass is 32.2. The summed E-state index contributed by atoms with van der Waals surface area (Å²) < 4.78 is 27.1. The molecule has 0 aliphatic rings. The van der Waals surface area contributed by atoms with E-state index in [1.165, 1.54) is 24.2 Å². The number of hydrogen-bond acceptors (Lipinski definition) is 7. The summed E-state index contributed by atoms with van der Waals surface area (Å²) in [5.41, 5.74) is 1.09. The third-order valence-corrected chi connectivity index (χ3v) is 6.91. The predicted octanol–water partition coefficient (Wildman–Crippen LogP) is 1.29. The van der Waals surface area contributed by atoms with Crippen molar-refractivity contribution in [2.45, 2.75) is 24.7 Å². The van der Waals surface area contributed by atoms with Crippen LogP contribution in [0.2, 0.25) is 0 Å². The van der Waals surface area contributed by atoms with Crippen LogP contribution in [0.5, 0.6) is 5.75 Å². The van der Waals surface area contributed by atoms with E-state index in [0.717, 1.165) is 22.1 Å². The van der Waals surface area contributed by atoms with Crippen molar-refractivity contribution < 1.29 is 13.5 Å². The van der Waals surface area contributed by atoms with Gasteiger partial charge < -0.3 is 10.1 Å². The van der Waals surface area contributed by atoms with Crippen molar-refractivity contribution >= 4 is 32.4 Å². The van der Waals surface area contributed by atoms with E-state index in [4.69, 9.17) is 0 Å². The number of rotatable bonds is 5. The Bertz CT molecular complexity index is 1140. The lowest BCUT2D eigenvalue weighted by molar-refractivity contribution is 0.457. The average molecular weight is 397 g/mol. The van der Waals surface area contributed by atoms with Crippen LogP contribution in [0.3, 0.4) is 0 Å². The van der Waals surface area contributed by atoms with Crippen molar-refractivity contribution in [2.24, 2.45) is 7.05 Å². The molecule has 0 aliphatic heterocycles. The highest BCUT2D eigenvalue weighted by Gasteiger charge is 2.27. The third-order valence-electron chi connectivity index (χ3n) is 3.96. The fraction of sp³-hybridized carbons (Fsp3) is 0.400. The van der Waals surface area contributed by atoms with Gasteiger partial charge in [-0.05, 0) is 6.42 Å². The molecule has 0 atom stereocenters. The molecule has 0 spiro atoms. The van der Waals surface area contributed by atoms with Gasteiger partial charge in [0.2, 0.25) is 10.0 Å². The summed E-state index contributed by atoms with van der Waals surface area (Å²) in [7, 11) is 0.626. The summed E-state index contributed by atoms with van der Waals surface area (Å²) in [5, 5.41) is 16.1. The summed E-state index contributed by atoms with van der Waals surface area (Å²) >= 11 is 1.00. The van der Waals surface area contributed by atoms with Crippen molar-refractivity contribution in [3.63, 3.8) is 0 Å². The molecule has 0 fully saturated rings. The topological polar surface area (TPSA) is 121 Å². The molecule has 0 bridgehead atoms. The van der Waals surface area contributed by atoms with Crippen molar-refractivity contribution in [3.8, 4) is 16.5 Å². The monoisotopic (exact) mass is 397 g/mol. The van der Waals surface area contributed by atoms with E-state index in [-0.39, 0.29) is 15.6 Å². The Kier molecular flexibility index (Phi) is 4.63. The number of fused-ring (bicyclic) bond motifs is 1. The summed E-state index contributed by atoms with van der Waals surface area (Å²) in [6.07, 6.45) is 1.50. The summed E-state index contributed by atoms with van der Waals surface area (Å²) in [6.45, 7) is 2.00. The molecule has 0 saturated heterocycles. The lowest BCUT2D eigenvalue weighted by atomic mass is 10.2. The van der Waals surface area contributed by atoms with Crippen LogP contribution in [0, 0.1) is 0 Å². The molecule has 0 aliphatic carbocycles. The predicted molar refractivity (Wildman–Crippen MR) is 99.0 cm³/mol. The SMILES string of the molecule is CCCc1nn(C)c2c(=O)[nH]c(-c3scc(S(=O)(=O)N(C)C)c3O)nc12. The molecule has 140 valence electrons. The van der Waals surface area contributed by atoms with Crippen LogP contribution in [0.1, 0.15) is 19.0 Å². The van der Waals surface area contributed by atoms with Gasteiger partial charge in [-0.25, -0.2) is 17.7 Å². The molecule has 3 aromatic heterocycles. The van der Waals surface area contributed by atoms with E-state index in [2.05, 4.69) is 15.1 Å². The second kappa shape index (κ2) is 6.49. The zero-order valence-corrected chi connectivity index (χ0v) is 16.4. The standard InChI is InChI=1S/C15H19N5O4S2/c1-5-6-8-10-11(20(4)18-8)15(22)17-14(16-10)13-12(21)9(7-25-13)26(23,24)19(2)3/h7,21H,5-6H2,1-4H3,(H,16,17,22). The largest absolute Gasteiger partial charge is 0.505 e. The first-order chi connectivity index (χ1) is 12.2. The highest BCUT2D eigenvalue weighted by molar-refractivity contribution is 7.89. The van der Waals surface area contributed by atoms with Crippen LogP contribution in [0.25, 0.3) is 21.7 Å². The number of aromatic hydroxyl groups is 1. The van der Waals surface area contributed by atoms with E-state index in [9.17, 15) is 18.3 Å². The zero-order valence-electron chi connectivity index (χ0n) is 14.8. The Morgan fingerprint density at radius 2 is 2.08 bits per heavy atom. The Balaban J connectivity index is 2.23. The quantitative estimate of drug-likeness (QED) is 0.669. The lowest BCUT2D eigenvalue weighted by Crippen LogP contribution is -2.21. The first kappa shape index (κ1) is 18.5. The highest BCUT2D eigenvalue weighted by Crippen LogP contribution is 2.40. The number of sulfonamides is 1. The maximum absolute atomic E-state index is 12.5. The fourth-order valence-corrected chi connectivity index (χ4v) is 4.84. The molecule has 9 nitrogen and oxygen atoms in total. The summed E-state index contributed by atoms with van der Waals surface area (Å²) in [5.74, 6) is -0.303. The molecule has 26 heavy (non-hydrogen) atoms. The van der Waals surface area contributed by atoms with E-state index in [1.807, 2.05) is 6.92 Å². The van der Waals surface area contributed by atoms with Crippen molar-refractivity contribution in [1.29, 1.82) is 0 Å². The van der Waals surface area contributed by atoms with Gasteiger partial charge in [-0.1, -0.05) is 13.3 Å². The number of thiophene rings is 1. The molecule has 3 heterocycles. The van der Waals surface area contributed by atoms with Gasteiger partial charge in [0, 0.05) is 26.5 Å². The van der Waals surface area contributed by atoms with Crippen molar-refractivity contribution in [2.75, 3.05) is 14.1 Å².